The minimum Gasteiger partial charge on any atom is -1.00 e. The Morgan fingerprint density at radius 1 is 1.10 bits per heavy atom. The van der Waals surface area contributed by atoms with E-state index in [1.165, 1.54) is 13.5 Å². The van der Waals surface area contributed by atoms with Crippen molar-refractivity contribution in [1.29, 1.82) is 0 Å². The molecule has 0 bridgehead atoms. The maximum atomic E-state index is 12.2. The van der Waals surface area contributed by atoms with Gasteiger partial charge in [-0.2, -0.15) is 0 Å². The molecule has 1 saturated carbocycles. The maximum absolute atomic E-state index is 12.2. The van der Waals surface area contributed by atoms with Crippen molar-refractivity contribution in [3.8, 4) is 0 Å². The first kappa shape index (κ1) is 34.5. The largest absolute Gasteiger partial charge is 1.00 e. The molecule has 2 heterocycles. The number of ether oxygens (including phenoxy) is 2. The van der Waals surface area contributed by atoms with Crippen LogP contribution < -0.4 is 24.0 Å². The van der Waals surface area contributed by atoms with Crippen LogP contribution in [0.15, 0.2) is 26.3 Å². The van der Waals surface area contributed by atoms with E-state index in [1.807, 2.05) is 6.07 Å². The highest BCUT2D eigenvalue weighted by Crippen LogP contribution is 2.39. The molecular formula is C27H43IN4O7. The fraction of sp³-hybridized carbons (Fsp3) is 0.667. The third kappa shape index (κ3) is 13.9. The number of hydrogen-bond donors (Lipinski definition) is 1. The molecule has 0 saturated heterocycles. The van der Waals surface area contributed by atoms with Crippen LogP contribution in [0.2, 0.25) is 0 Å². The molecule has 1 aliphatic carbocycles. The van der Waals surface area contributed by atoms with Gasteiger partial charge in [0.05, 0.1) is 53.0 Å². The van der Waals surface area contributed by atoms with E-state index in [4.69, 9.17) is 19.0 Å². The van der Waals surface area contributed by atoms with Crippen LogP contribution in [0.1, 0.15) is 75.8 Å². The van der Waals surface area contributed by atoms with Gasteiger partial charge in [0.25, 0.3) is 0 Å². The van der Waals surface area contributed by atoms with E-state index >= 15 is 0 Å². The van der Waals surface area contributed by atoms with Gasteiger partial charge in [0.2, 0.25) is 0 Å². The van der Waals surface area contributed by atoms with Crippen LogP contribution in [-0.2, 0) is 38.4 Å². The predicted octanol–water partition coefficient (Wildman–Crippen LogP) is 1.16. The van der Waals surface area contributed by atoms with E-state index in [2.05, 4.69) is 62.1 Å². The van der Waals surface area contributed by atoms with E-state index < -0.39 is 0 Å². The molecular weight excluding hydrogens is 619 g/mol. The summed E-state index contributed by atoms with van der Waals surface area (Å²) in [7, 11) is 7.64. The number of methoxy groups -OCH3 is 1. The summed E-state index contributed by atoms with van der Waals surface area (Å²) in [4.78, 5) is 22.9. The van der Waals surface area contributed by atoms with E-state index in [0.29, 0.717) is 36.6 Å². The van der Waals surface area contributed by atoms with E-state index in [9.17, 15) is 9.59 Å². The zero-order chi connectivity index (χ0) is 28.3. The summed E-state index contributed by atoms with van der Waals surface area (Å²) in [6, 6.07) is 3.53. The summed E-state index contributed by atoms with van der Waals surface area (Å²) >= 11 is 0. The van der Waals surface area contributed by atoms with Gasteiger partial charge < -0.3 is 52.2 Å². The van der Waals surface area contributed by atoms with Gasteiger partial charge in [-0.15, -0.1) is 0 Å². The molecule has 0 aliphatic heterocycles. The lowest BCUT2D eigenvalue weighted by atomic mass is 9.71. The Hall–Kier alpha value is -2.48. The van der Waals surface area contributed by atoms with Crippen LogP contribution >= 0.6 is 0 Å². The molecule has 1 fully saturated rings. The predicted molar refractivity (Wildman–Crippen MR) is 139 cm³/mol. The van der Waals surface area contributed by atoms with Gasteiger partial charge in [0.15, 0.2) is 5.76 Å². The SMILES string of the molecule is COC(=O)CCc1cc(C=NO)no1.C[C@H]1C[C@@H](OC(=O)CCc2cc(C[N+](C)(C)C)on2)CC(C)(C)C1.[I-]. The minimum absolute atomic E-state index is 0. The molecule has 2 aromatic heterocycles. The standard InChI is InChI=1S/C19H33N2O3.C8H10N2O4.HI/c1-14-9-16(12-19(2,3)11-14)23-18(22)8-7-15-10-17(24-20-15)13-21(4,5)6;1-13-8(11)3-2-7-4-6(5-9-12)10-14-7;/h10,14,16H,7-9,11-13H2,1-6H3;4-5,12H,2-3H2,1H3;1H/q+1;;/p-1/t14-,16+;;/m0../s1. The Labute approximate surface area is 247 Å². The molecule has 11 nitrogen and oxygen atoms in total. The molecule has 2 aromatic rings. The number of aryl methyl sites for hydroxylation is 2. The number of aromatic nitrogens is 2. The van der Waals surface area contributed by atoms with Gasteiger partial charge in [-0.05, 0) is 30.6 Å². The average molecular weight is 663 g/mol. The van der Waals surface area contributed by atoms with Crippen LogP contribution in [0, 0.1) is 11.3 Å². The Kier molecular flexibility index (Phi) is 14.1. The van der Waals surface area contributed by atoms with Gasteiger partial charge >= 0.3 is 11.9 Å². The first-order valence-electron chi connectivity index (χ1n) is 12.9. The number of quaternary nitrogens is 1. The molecule has 0 aromatic carbocycles. The molecule has 2 atom stereocenters. The second kappa shape index (κ2) is 15.9. The first-order valence-corrected chi connectivity index (χ1v) is 12.9. The van der Waals surface area contributed by atoms with E-state index in [1.54, 1.807) is 6.07 Å². The molecule has 1 N–H and O–H groups in total. The number of hydrogen-bond acceptors (Lipinski definition) is 10. The van der Waals surface area contributed by atoms with Crippen LogP contribution in [0.25, 0.3) is 0 Å². The number of halogens is 1. The second-order valence-corrected chi connectivity index (χ2v) is 11.8. The van der Waals surface area contributed by atoms with Crippen LogP contribution in [-0.4, -0.2) is 72.5 Å². The maximum Gasteiger partial charge on any atom is 0.306 e. The van der Waals surface area contributed by atoms with Crippen molar-refractivity contribution in [3.63, 3.8) is 0 Å². The second-order valence-electron chi connectivity index (χ2n) is 11.8. The Morgan fingerprint density at radius 3 is 2.38 bits per heavy atom. The number of oxime groups is 1. The first-order chi connectivity index (χ1) is 17.8. The number of carbonyl (C=O) groups excluding carboxylic acids is 2. The molecule has 0 radical (unpaired) electrons. The third-order valence-corrected chi connectivity index (χ3v) is 6.04. The number of nitrogens with zero attached hydrogens (tertiary/aromatic N) is 4. The van der Waals surface area contributed by atoms with Gasteiger partial charge in [0.1, 0.15) is 24.1 Å². The quantitative estimate of drug-likeness (QED) is 0.0993. The van der Waals surface area contributed by atoms with Crippen LogP contribution in [0.4, 0.5) is 0 Å². The normalized spacial score (nSPS) is 18.5. The summed E-state index contributed by atoms with van der Waals surface area (Å²) in [6.45, 7) is 7.54. The molecule has 0 spiro atoms. The molecule has 12 heteroatoms. The summed E-state index contributed by atoms with van der Waals surface area (Å²) in [5.41, 5.74) is 1.49. The average Bonchev–Trinajstić information content (AvgIpc) is 3.43. The van der Waals surface area contributed by atoms with Gasteiger partial charge in [0, 0.05) is 25.0 Å². The van der Waals surface area contributed by atoms with Gasteiger partial charge in [-0.3, -0.25) is 9.59 Å². The number of rotatable bonds is 10. The fourth-order valence-electron chi connectivity index (χ4n) is 4.73. The van der Waals surface area contributed by atoms with Crippen molar-refractivity contribution in [3.05, 3.63) is 35.0 Å². The summed E-state index contributed by atoms with van der Waals surface area (Å²) in [5, 5.41) is 18.6. The van der Waals surface area contributed by atoms with Gasteiger partial charge in [-0.1, -0.05) is 36.2 Å². The van der Waals surface area contributed by atoms with E-state index in [0.717, 1.165) is 41.5 Å². The van der Waals surface area contributed by atoms with Crippen molar-refractivity contribution in [2.75, 3.05) is 28.3 Å². The Balaban J connectivity index is 0.000000434. The highest BCUT2D eigenvalue weighted by atomic mass is 127. The molecule has 39 heavy (non-hydrogen) atoms. The van der Waals surface area contributed by atoms with Gasteiger partial charge in [-0.25, -0.2) is 0 Å². The van der Waals surface area contributed by atoms with Crippen molar-refractivity contribution in [1.82, 2.24) is 10.3 Å². The fourth-order valence-corrected chi connectivity index (χ4v) is 4.73. The lowest BCUT2D eigenvalue weighted by Crippen LogP contribution is -3.00. The number of carbonyl (C=O) groups is 2. The summed E-state index contributed by atoms with van der Waals surface area (Å²) < 4.78 is 21.1. The highest BCUT2D eigenvalue weighted by molar-refractivity contribution is 5.76. The molecule has 0 amide bonds. The lowest BCUT2D eigenvalue weighted by molar-refractivity contribution is -0.885. The minimum atomic E-state index is -0.307. The third-order valence-electron chi connectivity index (χ3n) is 6.04. The zero-order valence-electron chi connectivity index (χ0n) is 24.1. The Morgan fingerprint density at radius 2 is 1.77 bits per heavy atom. The number of esters is 2. The monoisotopic (exact) mass is 662 g/mol. The molecule has 220 valence electrons. The summed E-state index contributed by atoms with van der Waals surface area (Å²) in [5.74, 6) is 1.58. The highest BCUT2D eigenvalue weighted by Gasteiger charge is 2.33. The van der Waals surface area contributed by atoms with Crippen molar-refractivity contribution in [2.24, 2.45) is 16.5 Å². The zero-order valence-corrected chi connectivity index (χ0v) is 26.3. The molecule has 1 aliphatic rings. The Bertz CT molecular complexity index is 1060. The van der Waals surface area contributed by atoms with E-state index in [-0.39, 0.29) is 53.9 Å². The van der Waals surface area contributed by atoms with Crippen LogP contribution in [0.3, 0.4) is 0 Å². The van der Waals surface area contributed by atoms with Crippen LogP contribution in [0.5, 0.6) is 0 Å². The van der Waals surface area contributed by atoms with Crippen molar-refractivity contribution >= 4 is 18.2 Å². The molecule has 3 rings (SSSR count). The molecule has 0 unspecified atom stereocenters. The summed E-state index contributed by atoms with van der Waals surface area (Å²) in [6.07, 6.45) is 5.93. The van der Waals surface area contributed by atoms with Crippen molar-refractivity contribution in [2.45, 2.75) is 78.4 Å². The topological polar surface area (TPSA) is 137 Å². The van der Waals surface area contributed by atoms with Crippen molar-refractivity contribution < 1.29 is 61.8 Å². The lowest BCUT2D eigenvalue weighted by Gasteiger charge is -2.38. The smallest absolute Gasteiger partial charge is 0.306 e.